The first-order chi connectivity index (χ1) is 17.3. The SMILES string of the molecule is CCCCCC(=O)c1cc(OC)c(-c2cc(Br)c(-c3sc(C(=O)CCCCC)cc3OC)cc2Br)s1. The summed E-state index contributed by atoms with van der Waals surface area (Å²) in [7, 11) is 3.26. The van der Waals surface area contributed by atoms with Crippen molar-refractivity contribution in [3.8, 4) is 32.4 Å². The van der Waals surface area contributed by atoms with Gasteiger partial charge in [0, 0.05) is 45.0 Å². The highest BCUT2D eigenvalue weighted by Gasteiger charge is 2.22. The minimum absolute atomic E-state index is 0.157. The second kappa shape index (κ2) is 13.9. The first kappa shape index (κ1) is 29.1. The van der Waals surface area contributed by atoms with E-state index in [1.54, 1.807) is 14.2 Å². The number of unbranched alkanes of at least 4 members (excludes halogenated alkanes) is 4. The summed E-state index contributed by atoms with van der Waals surface area (Å²) in [6.45, 7) is 4.27. The lowest BCUT2D eigenvalue weighted by Gasteiger charge is -2.11. The smallest absolute Gasteiger partial charge is 0.172 e. The summed E-state index contributed by atoms with van der Waals surface area (Å²) in [4.78, 5) is 28.7. The number of carbonyl (C=O) groups excluding carboxylic acids is 2. The van der Waals surface area contributed by atoms with E-state index in [0.29, 0.717) is 24.3 Å². The maximum absolute atomic E-state index is 12.7. The van der Waals surface area contributed by atoms with E-state index in [1.807, 2.05) is 24.3 Å². The lowest BCUT2D eigenvalue weighted by atomic mass is 10.1. The highest BCUT2D eigenvalue weighted by molar-refractivity contribution is 9.11. The van der Waals surface area contributed by atoms with Crippen LogP contribution in [0.5, 0.6) is 11.5 Å². The number of hydrogen-bond acceptors (Lipinski definition) is 6. The first-order valence-electron chi connectivity index (χ1n) is 12.3. The van der Waals surface area contributed by atoms with Crippen LogP contribution in [0.2, 0.25) is 0 Å². The van der Waals surface area contributed by atoms with Crippen molar-refractivity contribution in [2.24, 2.45) is 0 Å². The molecule has 0 saturated heterocycles. The number of thiophene rings is 2. The Morgan fingerprint density at radius 1 is 0.694 bits per heavy atom. The Hall–Kier alpha value is -1.48. The highest BCUT2D eigenvalue weighted by atomic mass is 79.9. The van der Waals surface area contributed by atoms with E-state index < -0.39 is 0 Å². The molecule has 0 aliphatic heterocycles. The van der Waals surface area contributed by atoms with Crippen molar-refractivity contribution in [1.82, 2.24) is 0 Å². The molecule has 0 radical (unpaired) electrons. The van der Waals surface area contributed by atoms with Gasteiger partial charge < -0.3 is 9.47 Å². The summed E-state index contributed by atoms with van der Waals surface area (Å²) < 4.78 is 13.0. The van der Waals surface area contributed by atoms with Gasteiger partial charge in [0.1, 0.15) is 11.5 Å². The van der Waals surface area contributed by atoms with Crippen molar-refractivity contribution < 1.29 is 19.1 Å². The Morgan fingerprint density at radius 3 is 1.42 bits per heavy atom. The molecule has 0 aliphatic carbocycles. The molecule has 0 bridgehead atoms. The van der Waals surface area contributed by atoms with Crippen LogP contribution in [0.4, 0.5) is 0 Å². The molecule has 1 aromatic carbocycles. The zero-order chi connectivity index (χ0) is 26.2. The Morgan fingerprint density at radius 2 is 1.08 bits per heavy atom. The fourth-order valence-corrected chi connectivity index (χ4v) is 7.51. The van der Waals surface area contributed by atoms with Gasteiger partial charge in [0.15, 0.2) is 11.6 Å². The van der Waals surface area contributed by atoms with E-state index in [1.165, 1.54) is 22.7 Å². The van der Waals surface area contributed by atoms with Crippen LogP contribution < -0.4 is 9.47 Å². The van der Waals surface area contributed by atoms with Crippen LogP contribution in [0.15, 0.2) is 33.2 Å². The summed E-state index contributed by atoms with van der Waals surface area (Å²) in [5.41, 5.74) is 1.87. The largest absolute Gasteiger partial charge is 0.495 e. The third-order valence-electron chi connectivity index (χ3n) is 5.95. The quantitative estimate of drug-likeness (QED) is 0.128. The summed E-state index contributed by atoms with van der Waals surface area (Å²) >= 11 is 10.4. The molecule has 0 fully saturated rings. The molecule has 0 saturated carbocycles. The molecule has 0 unspecified atom stereocenters. The molecule has 3 aromatic rings. The lowest BCUT2D eigenvalue weighted by Crippen LogP contribution is -1.95. The second-order valence-corrected chi connectivity index (χ2v) is 12.4. The average Bonchev–Trinajstić information content (AvgIpc) is 3.50. The van der Waals surface area contributed by atoms with Crippen molar-refractivity contribution in [3.05, 3.63) is 43.0 Å². The van der Waals surface area contributed by atoms with Crippen molar-refractivity contribution in [1.29, 1.82) is 0 Å². The molecule has 2 heterocycles. The fraction of sp³-hybridized carbons (Fsp3) is 0.429. The average molecular weight is 657 g/mol. The van der Waals surface area contributed by atoms with Crippen LogP contribution in [0.1, 0.15) is 84.6 Å². The van der Waals surface area contributed by atoms with Crippen molar-refractivity contribution >= 4 is 66.1 Å². The van der Waals surface area contributed by atoms with Gasteiger partial charge in [0.05, 0.1) is 33.7 Å². The number of methoxy groups -OCH3 is 2. The summed E-state index contributed by atoms with van der Waals surface area (Å²) in [5.74, 6) is 1.69. The number of carbonyl (C=O) groups is 2. The van der Waals surface area contributed by atoms with Gasteiger partial charge >= 0.3 is 0 Å². The van der Waals surface area contributed by atoms with Gasteiger partial charge in [-0.1, -0.05) is 71.4 Å². The number of ether oxygens (including phenoxy) is 2. The number of benzene rings is 1. The van der Waals surface area contributed by atoms with E-state index in [-0.39, 0.29) is 11.6 Å². The Bertz CT molecular complexity index is 1120. The summed E-state index contributed by atoms with van der Waals surface area (Å²) in [6.07, 6.45) is 7.20. The summed E-state index contributed by atoms with van der Waals surface area (Å²) in [5, 5.41) is 0. The van der Waals surface area contributed by atoms with E-state index in [9.17, 15) is 9.59 Å². The van der Waals surface area contributed by atoms with Crippen LogP contribution in [0, 0.1) is 0 Å². The third-order valence-corrected chi connectivity index (χ3v) is 9.64. The number of hydrogen-bond donors (Lipinski definition) is 0. The Balaban J connectivity index is 1.95. The number of ketones is 2. The Kier molecular flexibility index (Phi) is 11.2. The molecular weight excluding hydrogens is 624 g/mol. The topological polar surface area (TPSA) is 52.6 Å². The number of Topliss-reactive ketones (excluding diaryl/α,β-unsaturated/α-hetero) is 2. The number of rotatable bonds is 14. The lowest BCUT2D eigenvalue weighted by molar-refractivity contribution is 0.0975. The van der Waals surface area contributed by atoms with Crippen molar-refractivity contribution in [2.45, 2.75) is 65.2 Å². The zero-order valence-electron chi connectivity index (χ0n) is 21.2. The van der Waals surface area contributed by atoms with Gasteiger partial charge in [-0.2, -0.15) is 0 Å². The number of halogens is 2. The van der Waals surface area contributed by atoms with Crippen molar-refractivity contribution in [3.63, 3.8) is 0 Å². The van der Waals surface area contributed by atoms with Gasteiger partial charge in [-0.25, -0.2) is 0 Å². The van der Waals surface area contributed by atoms with Crippen LogP contribution >= 0.6 is 54.5 Å². The second-order valence-electron chi connectivity index (χ2n) is 8.59. The van der Waals surface area contributed by atoms with Gasteiger partial charge in [-0.05, 0) is 25.0 Å². The van der Waals surface area contributed by atoms with E-state index in [4.69, 9.17) is 9.47 Å². The molecule has 36 heavy (non-hydrogen) atoms. The molecule has 3 rings (SSSR count). The molecule has 2 aromatic heterocycles. The third kappa shape index (κ3) is 6.88. The van der Waals surface area contributed by atoms with Crippen LogP contribution in [-0.4, -0.2) is 25.8 Å². The molecule has 8 heteroatoms. The molecule has 4 nitrogen and oxygen atoms in total. The standard InChI is InChI=1S/C28H32Br2O4S2/c1-5-7-9-11-21(31)25-15-23(33-3)27(35-25)17-13-20(30)18(14-19(17)29)28-24(34-4)16-26(36-28)22(32)12-10-8-6-2/h13-16H,5-12H2,1-4H3. The maximum atomic E-state index is 12.7. The van der Waals surface area contributed by atoms with E-state index in [0.717, 1.165) is 78.1 Å². The molecular formula is C28H32Br2O4S2. The maximum Gasteiger partial charge on any atom is 0.172 e. The molecule has 0 atom stereocenters. The van der Waals surface area contributed by atoms with Crippen molar-refractivity contribution in [2.75, 3.05) is 14.2 Å². The van der Waals surface area contributed by atoms with E-state index >= 15 is 0 Å². The predicted molar refractivity (Wildman–Crippen MR) is 159 cm³/mol. The minimum Gasteiger partial charge on any atom is -0.495 e. The fourth-order valence-electron chi connectivity index (χ4n) is 3.91. The monoisotopic (exact) mass is 654 g/mol. The zero-order valence-corrected chi connectivity index (χ0v) is 26.0. The summed E-state index contributed by atoms with van der Waals surface area (Å²) in [6, 6.07) is 7.75. The van der Waals surface area contributed by atoms with E-state index in [2.05, 4.69) is 45.7 Å². The van der Waals surface area contributed by atoms with Crippen LogP contribution in [0.25, 0.3) is 20.9 Å². The normalized spacial score (nSPS) is 11.1. The molecule has 0 amide bonds. The molecule has 0 aliphatic rings. The first-order valence-corrected chi connectivity index (χ1v) is 15.5. The molecule has 194 valence electrons. The molecule has 0 spiro atoms. The Labute approximate surface area is 238 Å². The van der Waals surface area contributed by atoms with Gasteiger partial charge in [0.2, 0.25) is 0 Å². The van der Waals surface area contributed by atoms with Gasteiger partial charge in [0.25, 0.3) is 0 Å². The van der Waals surface area contributed by atoms with Gasteiger partial charge in [-0.15, -0.1) is 22.7 Å². The predicted octanol–water partition coefficient (Wildman–Crippen LogP) is 10.2. The van der Waals surface area contributed by atoms with Crippen LogP contribution in [0.3, 0.4) is 0 Å². The highest BCUT2D eigenvalue weighted by Crippen LogP contribution is 2.48. The minimum atomic E-state index is 0.157. The van der Waals surface area contributed by atoms with Crippen LogP contribution in [-0.2, 0) is 0 Å². The molecule has 0 N–H and O–H groups in total. The van der Waals surface area contributed by atoms with Gasteiger partial charge in [-0.3, -0.25) is 9.59 Å².